The maximum atomic E-state index is 15.9. The third kappa shape index (κ3) is 3.97. The summed E-state index contributed by atoms with van der Waals surface area (Å²) in [4.78, 5) is 24.7. The quantitative estimate of drug-likeness (QED) is 0.311. The Kier molecular flexibility index (Phi) is 6.05. The van der Waals surface area contributed by atoms with Crippen LogP contribution in [0.2, 0.25) is 0 Å². The lowest BCUT2D eigenvalue weighted by molar-refractivity contribution is 0.123. The van der Waals surface area contributed by atoms with Crippen LogP contribution in [0.4, 0.5) is 10.1 Å². The summed E-state index contributed by atoms with van der Waals surface area (Å²) >= 11 is 0. The van der Waals surface area contributed by atoms with Gasteiger partial charge >= 0.3 is 5.69 Å². The molecule has 1 fully saturated rings. The van der Waals surface area contributed by atoms with Gasteiger partial charge in [-0.3, -0.25) is 18.4 Å². The number of nitrogens with zero attached hydrogens (tertiary/aromatic N) is 9. The van der Waals surface area contributed by atoms with Crippen molar-refractivity contribution in [2.45, 2.75) is 19.9 Å². The van der Waals surface area contributed by atoms with Crippen molar-refractivity contribution in [1.82, 2.24) is 38.0 Å². The van der Waals surface area contributed by atoms with E-state index in [2.05, 4.69) is 21.0 Å². The van der Waals surface area contributed by atoms with Gasteiger partial charge in [0.05, 0.1) is 65.4 Å². The van der Waals surface area contributed by atoms with Crippen LogP contribution < -0.4 is 10.6 Å². The number of anilines is 1. The van der Waals surface area contributed by atoms with Gasteiger partial charge in [0, 0.05) is 63.7 Å². The maximum absolute atomic E-state index is 15.9. The molecule has 7 rings (SSSR count). The first-order valence-corrected chi connectivity index (χ1v) is 14.0. The Labute approximate surface area is 241 Å². The predicted molar refractivity (Wildman–Crippen MR) is 160 cm³/mol. The summed E-state index contributed by atoms with van der Waals surface area (Å²) in [5, 5.41) is 4.41. The first kappa shape index (κ1) is 26.2. The predicted octanol–water partition coefficient (Wildman–Crippen LogP) is 4.04. The molecule has 216 valence electrons. The number of hydrogen-bond acceptors (Lipinski definition) is 6. The summed E-state index contributed by atoms with van der Waals surface area (Å²) in [5.41, 5.74) is 6.33. The van der Waals surface area contributed by atoms with E-state index >= 15 is 4.39 Å². The summed E-state index contributed by atoms with van der Waals surface area (Å²) in [6, 6.07) is 7.51. The molecule has 11 nitrogen and oxygen atoms in total. The van der Waals surface area contributed by atoms with E-state index in [9.17, 15) is 4.79 Å². The number of aromatic nitrogens is 8. The van der Waals surface area contributed by atoms with Gasteiger partial charge < -0.3 is 14.2 Å². The van der Waals surface area contributed by atoms with Crippen molar-refractivity contribution in [3.63, 3.8) is 0 Å². The Bertz CT molecular complexity index is 2040. The van der Waals surface area contributed by atoms with Crippen molar-refractivity contribution in [3.8, 4) is 28.3 Å². The number of imidazole rings is 3. The fraction of sp³-hybridized carbons (Fsp3) is 0.333. The van der Waals surface area contributed by atoms with Gasteiger partial charge in [-0.1, -0.05) is 0 Å². The Morgan fingerprint density at radius 2 is 1.76 bits per heavy atom. The maximum Gasteiger partial charge on any atom is 0.328 e. The Balaban J connectivity index is 1.52. The lowest BCUT2D eigenvalue weighted by Crippen LogP contribution is -2.36. The number of rotatable bonds is 5. The van der Waals surface area contributed by atoms with Gasteiger partial charge in [-0.2, -0.15) is 5.10 Å². The molecule has 0 radical (unpaired) electrons. The van der Waals surface area contributed by atoms with Crippen LogP contribution in [0.25, 0.3) is 50.4 Å². The Hall–Kier alpha value is -4.71. The van der Waals surface area contributed by atoms with Gasteiger partial charge in [-0.25, -0.2) is 19.2 Å². The molecule has 42 heavy (non-hydrogen) atoms. The molecule has 0 amide bonds. The summed E-state index contributed by atoms with van der Waals surface area (Å²) < 4.78 is 30.5. The summed E-state index contributed by atoms with van der Waals surface area (Å²) in [7, 11) is 5.47. The summed E-state index contributed by atoms with van der Waals surface area (Å²) in [5.74, 6) is 0.248. The highest BCUT2D eigenvalue weighted by atomic mass is 19.1. The van der Waals surface area contributed by atoms with Gasteiger partial charge in [-0.15, -0.1) is 0 Å². The van der Waals surface area contributed by atoms with Crippen LogP contribution in [0.3, 0.4) is 0 Å². The SMILES string of the molecule is CC(C)n1cc(-c2cc3nc(-c4cncn4C)n(-c4cc(N5CCOCC5)c5c(c4)n(C)c(=O)n5C)c3cc2F)cn1. The fourth-order valence-corrected chi connectivity index (χ4v) is 5.87. The summed E-state index contributed by atoms with van der Waals surface area (Å²) in [6.45, 7) is 6.65. The van der Waals surface area contributed by atoms with E-state index in [1.807, 2.05) is 47.0 Å². The molecule has 0 aliphatic carbocycles. The van der Waals surface area contributed by atoms with E-state index in [1.54, 1.807) is 48.0 Å². The van der Waals surface area contributed by atoms with Crippen LogP contribution in [0.1, 0.15) is 19.9 Å². The zero-order valence-electron chi connectivity index (χ0n) is 24.2. The minimum absolute atomic E-state index is 0.114. The second kappa shape index (κ2) is 9.69. The lowest BCUT2D eigenvalue weighted by Gasteiger charge is -2.30. The first-order chi connectivity index (χ1) is 20.2. The van der Waals surface area contributed by atoms with Crippen molar-refractivity contribution in [1.29, 1.82) is 0 Å². The number of hydrogen-bond donors (Lipinski definition) is 0. The summed E-state index contributed by atoms with van der Waals surface area (Å²) in [6.07, 6.45) is 7.00. The minimum atomic E-state index is -0.370. The molecule has 1 aliphatic heterocycles. The van der Waals surface area contributed by atoms with Crippen molar-refractivity contribution >= 4 is 27.8 Å². The van der Waals surface area contributed by atoms with Crippen molar-refractivity contribution in [3.05, 3.63) is 65.5 Å². The van der Waals surface area contributed by atoms with Crippen LogP contribution in [-0.4, -0.2) is 64.3 Å². The Morgan fingerprint density at radius 3 is 2.45 bits per heavy atom. The number of ether oxygens (including phenoxy) is 1. The number of morpholine rings is 1. The zero-order chi connectivity index (χ0) is 29.3. The third-order valence-electron chi connectivity index (χ3n) is 8.17. The van der Waals surface area contributed by atoms with Gasteiger partial charge in [0.2, 0.25) is 0 Å². The van der Waals surface area contributed by atoms with Crippen LogP contribution >= 0.6 is 0 Å². The molecule has 0 N–H and O–H groups in total. The monoisotopic (exact) mass is 569 g/mol. The fourth-order valence-electron chi connectivity index (χ4n) is 5.87. The topological polar surface area (TPSA) is 92.9 Å². The molecule has 0 saturated carbocycles. The Morgan fingerprint density at radius 1 is 0.976 bits per heavy atom. The van der Waals surface area contributed by atoms with Gasteiger partial charge in [0.15, 0.2) is 5.82 Å². The lowest BCUT2D eigenvalue weighted by atomic mass is 10.1. The average Bonchev–Trinajstić information content (AvgIpc) is 3.76. The second-order valence-corrected chi connectivity index (χ2v) is 11.1. The minimum Gasteiger partial charge on any atom is -0.378 e. The number of fused-ring (bicyclic) bond motifs is 2. The van der Waals surface area contributed by atoms with Gasteiger partial charge in [-0.05, 0) is 32.0 Å². The highest BCUT2D eigenvalue weighted by molar-refractivity contribution is 5.94. The van der Waals surface area contributed by atoms with E-state index in [1.165, 1.54) is 6.07 Å². The molecular formula is C30H32FN9O2. The van der Waals surface area contributed by atoms with Crippen LogP contribution in [0.15, 0.2) is 54.0 Å². The molecule has 0 spiro atoms. The van der Waals surface area contributed by atoms with E-state index in [-0.39, 0.29) is 17.5 Å². The van der Waals surface area contributed by atoms with E-state index in [0.717, 1.165) is 28.1 Å². The zero-order valence-corrected chi connectivity index (χ0v) is 24.2. The molecule has 1 saturated heterocycles. The highest BCUT2D eigenvalue weighted by Gasteiger charge is 2.24. The molecule has 1 aliphatic rings. The molecule has 0 bridgehead atoms. The molecule has 5 heterocycles. The van der Waals surface area contributed by atoms with E-state index in [0.29, 0.717) is 54.3 Å². The van der Waals surface area contributed by atoms with E-state index < -0.39 is 0 Å². The van der Waals surface area contributed by atoms with E-state index in [4.69, 9.17) is 9.72 Å². The first-order valence-electron chi connectivity index (χ1n) is 14.0. The van der Waals surface area contributed by atoms with Crippen LogP contribution in [-0.2, 0) is 25.9 Å². The van der Waals surface area contributed by atoms with Crippen molar-refractivity contribution in [2.24, 2.45) is 21.1 Å². The molecule has 2 aromatic carbocycles. The molecule has 6 aromatic rings. The third-order valence-corrected chi connectivity index (χ3v) is 8.17. The number of benzene rings is 2. The van der Waals surface area contributed by atoms with Crippen molar-refractivity contribution < 1.29 is 9.13 Å². The van der Waals surface area contributed by atoms with Gasteiger partial charge in [0.25, 0.3) is 0 Å². The van der Waals surface area contributed by atoms with Gasteiger partial charge in [0.1, 0.15) is 11.5 Å². The number of aryl methyl sites for hydroxylation is 3. The molecule has 12 heteroatoms. The van der Waals surface area contributed by atoms with Crippen LogP contribution in [0, 0.1) is 5.82 Å². The van der Waals surface area contributed by atoms with Crippen LogP contribution in [0.5, 0.6) is 0 Å². The highest BCUT2D eigenvalue weighted by Crippen LogP contribution is 2.36. The molecule has 4 aromatic heterocycles. The molecular weight excluding hydrogens is 537 g/mol. The average molecular weight is 570 g/mol. The molecule has 0 atom stereocenters. The second-order valence-electron chi connectivity index (χ2n) is 11.1. The van der Waals surface area contributed by atoms with Crippen molar-refractivity contribution in [2.75, 3.05) is 31.2 Å². The largest absolute Gasteiger partial charge is 0.378 e. The molecule has 0 unspecified atom stereocenters. The standard InChI is InChI=1S/C30H32FN9O2/c1-18(2)39-16-19(14-33-39)21-12-23-24(13-22(21)31)40(29(34-23)27-15-32-17-35(27)3)20-10-25-28(37(5)30(41)36(25)4)26(11-20)38-6-8-42-9-7-38/h10-18H,6-9H2,1-5H3. The smallest absolute Gasteiger partial charge is 0.328 e. The number of halogens is 1. The normalized spacial score (nSPS) is 14.2.